The third-order valence-electron chi connectivity index (χ3n) is 3.29. The summed E-state index contributed by atoms with van der Waals surface area (Å²) in [6.07, 6.45) is 0.934. The average Bonchev–Trinajstić information content (AvgIpc) is 2.37. The van der Waals surface area contributed by atoms with Crippen LogP contribution in [0.5, 0.6) is 0 Å². The van der Waals surface area contributed by atoms with E-state index in [4.69, 9.17) is 0 Å². The van der Waals surface area contributed by atoms with Gasteiger partial charge in [0.1, 0.15) is 0 Å². The van der Waals surface area contributed by atoms with E-state index in [2.05, 4.69) is 41.5 Å². The first kappa shape index (κ1) is 14.2. The lowest BCUT2D eigenvalue weighted by Gasteiger charge is -2.29. The average molecular weight is 236 g/mol. The Hall–Kier alpha value is -0.900. The SMILES string of the molecule is CNC(C)(CO)CCN(C)Cc1ccccc1. The Balaban J connectivity index is 2.38. The van der Waals surface area contributed by atoms with E-state index in [1.165, 1.54) is 5.56 Å². The van der Waals surface area contributed by atoms with Crippen LogP contribution in [0.25, 0.3) is 0 Å². The van der Waals surface area contributed by atoms with Crippen LogP contribution in [0.2, 0.25) is 0 Å². The van der Waals surface area contributed by atoms with Gasteiger partial charge in [-0.25, -0.2) is 0 Å². The number of nitrogens with one attached hydrogen (secondary N) is 1. The molecule has 1 aromatic carbocycles. The van der Waals surface area contributed by atoms with Crippen molar-refractivity contribution in [1.82, 2.24) is 10.2 Å². The van der Waals surface area contributed by atoms with Crippen molar-refractivity contribution in [3.05, 3.63) is 35.9 Å². The van der Waals surface area contributed by atoms with Crippen LogP contribution >= 0.6 is 0 Å². The maximum atomic E-state index is 9.31. The topological polar surface area (TPSA) is 35.5 Å². The van der Waals surface area contributed by atoms with Crippen molar-refractivity contribution in [2.75, 3.05) is 27.2 Å². The molecule has 0 aliphatic carbocycles. The molecule has 0 radical (unpaired) electrons. The number of aliphatic hydroxyl groups is 1. The Morgan fingerprint density at radius 1 is 1.29 bits per heavy atom. The Kier molecular flexibility index (Phi) is 5.62. The van der Waals surface area contributed by atoms with E-state index in [0.29, 0.717) is 0 Å². The van der Waals surface area contributed by atoms with E-state index in [-0.39, 0.29) is 12.1 Å². The van der Waals surface area contributed by atoms with Crippen LogP contribution in [0.3, 0.4) is 0 Å². The Bertz CT molecular complexity index is 309. The van der Waals surface area contributed by atoms with Gasteiger partial charge in [-0.15, -0.1) is 0 Å². The molecule has 1 aromatic rings. The van der Waals surface area contributed by atoms with E-state index in [1.807, 2.05) is 20.0 Å². The largest absolute Gasteiger partial charge is 0.394 e. The predicted molar refractivity (Wildman–Crippen MR) is 71.9 cm³/mol. The third-order valence-corrected chi connectivity index (χ3v) is 3.29. The van der Waals surface area contributed by atoms with Crippen molar-refractivity contribution in [3.8, 4) is 0 Å². The van der Waals surface area contributed by atoms with Crippen LogP contribution in [0.15, 0.2) is 30.3 Å². The van der Waals surface area contributed by atoms with Crippen molar-refractivity contribution in [2.45, 2.75) is 25.4 Å². The molecule has 0 amide bonds. The number of likely N-dealkylation sites (N-methyl/N-ethyl adjacent to an activating group) is 1. The third kappa shape index (κ3) is 4.86. The van der Waals surface area contributed by atoms with Gasteiger partial charge in [0, 0.05) is 18.6 Å². The summed E-state index contributed by atoms with van der Waals surface area (Å²) in [4.78, 5) is 2.28. The smallest absolute Gasteiger partial charge is 0.0610 e. The van der Waals surface area contributed by atoms with Crippen LogP contribution in [-0.4, -0.2) is 42.8 Å². The maximum absolute atomic E-state index is 9.31. The standard InChI is InChI=1S/C14H24N2O/c1-14(12-17,15-2)9-10-16(3)11-13-7-5-4-6-8-13/h4-8,15,17H,9-12H2,1-3H3. The first-order valence-corrected chi connectivity index (χ1v) is 6.12. The summed E-state index contributed by atoms with van der Waals surface area (Å²) in [5, 5.41) is 12.5. The van der Waals surface area contributed by atoms with Gasteiger partial charge in [-0.1, -0.05) is 30.3 Å². The molecular formula is C14H24N2O. The summed E-state index contributed by atoms with van der Waals surface area (Å²) in [6.45, 7) is 4.13. The van der Waals surface area contributed by atoms with Gasteiger partial charge < -0.3 is 15.3 Å². The highest BCUT2D eigenvalue weighted by molar-refractivity contribution is 5.14. The van der Waals surface area contributed by atoms with Crippen molar-refractivity contribution >= 4 is 0 Å². The Morgan fingerprint density at radius 2 is 1.94 bits per heavy atom. The first-order chi connectivity index (χ1) is 8.09. The molecule has 1 unspecified atom stereocenters. The molecular weight excluding hydrogens is 212 g/mol. The molecule has 0 saturated heterocycles. The van der Waals surface area contributed by atoms with Crippen molar-refractivity contribution in [3.63, 3.8) is 0 Å². The minimum Gasteiger partial charge on any atom is -0.394 e. The fourth-order valence-corrected chi connectivity index (χ4v) is 1.69. The minimum absolute atomic E-state index is 0.169. The van der Waals surface area contributed by atoms with Crippen LogP contribution < -0.4 is 5.32 Å². The quantitative estimate of drug-likeness (QED) is 0.753. The molecule has 0 fully saturated rings. The summed E-state index contributed by atoms with van der Waals surface area (Å²) in [5.74, 6) is 0. The van der Waals surface area contributed by atoms with Crippen LogP contribution in [0.1, 0.15) is 18.9 Å². The fourth-order valence-electron chi connectivity index (χ4n) is 1.69. The molecule has 17 heavy (non-hydrogen) atoms. The number of benzene rings is 1. The van der Waals surface area contributed by atoms with Gasteiger partial charge in [-0.3, -0.25) is 0 Å². The maximum Gasteiger partial charge on any atom is 0.0610 e. The molecule has 0 aliphatic heterocycles. The van der Waals surface area contributed by atoms with Crippen molar-refractivity contribution < 1.29 is 5.11 Å². The van der Waals surface area contributed by atoms with E-state index >= 15 is 0 Å². The Morgan fingerprint density at radius 3 is 2.47 bits per heavy atom. The summed E-state index contributed by atoms with van der Waals surface area (Å²) in [6, 6.07) is 10.4. The van der Waals surface area contributed by atoms with Crippen LogP contribution in [-0.2, 0) is 6.54 Å². The van der Waals surface area contributed by atoms with Crippen LogP contribution in [0.4, 0.5) is 0 Å². The summed E-state index contributed by atoms with van der Waals surface area (Å²) >= 11 is 0. The molecule has 3 heteroatoms. The van der Waals surface area contributed by atoms with Gasteiger partial charge >= 0.3 is 0 Å². The van der Waals surface area contributed by atoms with Gasteiger partial charge in [-0.05, 0) is 33.0 Å². The van der Waals surface area contributed by atoms with Gasteiger partial charge in [0.25, 0.3) is 0 Å². The van der Waals surface area contributed by atoms with E-state index < -0.39 is 0 Å². The zero-order valence-corrected chi connectivity index (χ0v) is 11.1. The highest BCUT2D eigenvalue weighted by atomic mass is 16.3. The van der Waals surface area contributed by atoms with Crippen molar-refractivity contribution in [2.24, 2.45) is 0 Å². The second-order valence-electron chi connectivity index (χ2n) is 4.94. The minimum atomic E-state index is -0.176. The van der Waals surface area contributed by atoms with E-state index in [9.17, 15) is 5.11 Å². The molecule has 0 bridgehead atoms. The highest BCUT2D eigenvalue weighted by Gasteiger charge is 2.20. The lowest BCUT2D eigenvalue weighted by atomic mass is 9.99. The highest BCUT2D eigenvalue weighted by Crippen LogP contribution is 2.10. The van der Waals surface area contributed by atoms with Crippen molar-refractivity contribution in [1.29, 1.82) is 0 Å². The fraction of sp³-hybridized carbons (Fsp3) is 0.571. The van der Waals surface area contributed by atoms with Crippen LogP contribution in [0, 0.1) is 0 Å². The number of hydrogen-bond donors (Lipinski definition) is 2. The van der Waals surface area contributed by atoms with Gasteiger partial charge in [0.15, 0.2) is 0 Å². The summed E-state index contributed by atoms with van der Waals surface area (Å²) in [7, 11) is 4.01. The van der Waals surface area contributed by atoms with Gasteiger partial charge in [0.05, 0.1) is 6.61 Å². The predicted octanol–water partition coefficient (Wildman–Crippen LogP) is 1.48. The second-order valence-corrected chi connectivity index (χ2v) is 4.94. The molecule has 0 saturated carbocycles. The molecule has 0 aromatic heterocycles. The molecule has 0 spiro atoms. The lowest BCUT2D eigenvalue weighted by molar-refractivity contribution is 0.157. The lowest BCUT2D eigenvalue weighted by Crippen LogP contribution is -2.45. The monoisotopic (exact) mass is 236 g/mol. The number of aliphatic hydroxyl groups excluding tert-OH is 1. The summed E-state index contributed by atoms with van der Waals surface area (Å²) in [5.41, 5.74) is 1.15. The zero-order chi connectivity index (χ0) is 12.7. The summed E-state index contributed by atoms with van der Waals surface area (Å²) < 4.78 is 0. The molecule has 3 nitrogen and oxygen atoms in total. The van der Waals surface area contributed by atoms with E-state index in [1.54, 1.807) is 0 Å². The normalized spacial score (nSPS) is 14.9. The van der Waals surface area contributed by atoms with E-state index in [0.717, 1.165) is 19.5 Å². The molecule has 1 rings (SSSR count). The first-order valence-electron chi connectivity index (χ1n) is 6.12. The number of nitrogens with zero attached hydrogens (tertiary/aromatic N) is 1. The van der Waals surface area contributed by atoms with Gasteiger partial charge in [0.2, 0.25) is 0 Å². The molecule has 2 N–H and O–H groups in total. The second kappa shape index (κ2) is 6.74. The molecule has 96 valence electrons. The zero-order valence-electron chi connectivity index (χ0n) is 11.1. The van der Waals surface area contributed by atoms with Gasteiger partial charge in [-0.2, -0.15) is 0 Å². The molecule has 0 heterocycles. The number of rotatable bonds is 7. The number of hydrogen-bond acceptors (Lipinski definition) is 3. The molecule has 1 atom stereocenters. The molecule has 0 aliphatic rings. The Labute approximate surface area is 104 Å².